The topological polar surface area (TPSA) is 69.8 Å². The first kappa shape index (κ1) is 11.5. The monoisotopic (exact) mass is 268 g/mol. The standard InChI is InChI=1S/C15H16N4O/c20-15(19-10-1-2-10)13-7-9(8-18-13)11-3-5-16-14-12(11)4-6-17-14/h3-7,9-10,18H,1-2,8H2,(H,16,17)(H,19,20). The predicted octanol–water partition coefficient (Wildman–Crippen LogP) is 1.41. The fraction of sp³-hybridized carbons (Fsp3) is 0.333. The zero-order chi connectivity index (χ0) is 13.5. The summed E-state index contributed by atoms with van der Waals surface area (Å²) in [6, 6.07) is 4.45. The molecule has 102 valence electrons. The maximum Gasteiger partial charge on any atom is 0.267 e. The Labute approximate surface area is 116 Å². The van der Waals surface area contributed by atoms with Gasteiger partial charge in [-0.15, -0.1) is 0 Å². The van der Waals surface area contributed by atoms with E-state index in [4.69, 9.17) is 0 Å². The van der Waals surface area contributed by atoms with E-state index in [1.54, 1.807) is 0 Å². The molecule has 0 aromatic carbocycles. The molecule has 1 aliphatic heterocycles. The van der Waals surface area contributed by atoms with Crippen LogP contribution >= 0.6 is 0 Å². The summed E-state index contributed by atoms with van der Waals surface area (Å²) in [5, 5.41) is 7.35. The lowest BCUT2D eigenvalue weighted by atomic mass is 9.98. The molecule has 20 heavy (non-hydrogen) atoms. The van der Waals surface area contributed by atoms with Crippen molar-refractivity contribution in [3.63, 3.8) is 0 Å². The maximum atomic E-state index is 12.0. The Kier molecular flexibility index (Phi) is 2.52. The Morgan fingerprint density at radius 3 is 3.10 bits per heavy atom. The number of H-pyrrole nitrogens is 1. The first-order valence-corrected chi connectivity index (χ1v) is 7.00. The van der Waals surface area contributed by atoms with Gasteiger partial charge in [-0.2, -0.15) is 0 Å². The van der Waals surface area contributed by atoms with Crippen LogP contribution < -0.4 is 10.6 Å². The summed E-state index contributed by atoms with van der Waals surface area (Å²) in [5.74, 6) is 0.241. The number of carbonyl (C=O) groups is 1. The van der Waals surface area contributed by atoms with Gasteiger partial charge >= 0.3 is 0 Å². The number of fused-ring (bicyclic) bond motifs is 1. The molecule has 3 N–H and O–H groups in total. The highest BCUT2D eigenvalue weighted by Gasteiger charge is 2.28. The molecule has 4 rings (SSSR count). The molecule has 1 saturated carbocycles. The summed E-state index contributed by atoms with van der Waals surface area (Å²) in [4.78, 5) is 19.4. The fourth-order valence-electron chi connectivity index (χ4n) is 2.69. The normalized spacial score (nSPS) is 21.6. The lowest BCUT2D eigenvalue weighted by Gasteiger charge is -2.08. The minimum atomic E-state index is 0.0226. The summed E-state index contributed by atoms with van der Waals surface area (Å²) >= 11 is 0. The van der Waals surface area contributed by atoms with Gasteiger partial charge < -0.3 is 15.6 Å². The van der Waals surface area contributed by atoms with E-state index >= 15 is 0 Å². The summed E-state index contributed by atoms with van der Waals surface area (Å²) in [7, 11) is 0. The number of amides is 1. The van der Waals surface area contributed by atoms with Gasteiger partial charge in [0.05, 0.1) is 5.70 Å². The number of carbonyl (C=O) groups excluding carboxylic acids is 1. The van der Waals surface area contributed by atoms with E-state index in [1.807, 2.05) is 30.6 Å². The molecular formula is C15H16N4O. The molecule has 5 nitrogen and oxygen atoms in total. The number of nitrogens with one attached hydrogen (secondary N) is 3. The second-order valence-corrected chi connectivity index (χ2v) is 5.46. The average Bonchev–Trinajstić information content (AvgIpc) is 2.97. The van der Waals surface area contributed by atoms with Crippen LogP contribution in [0.25, 0.3) is 11.0 Å². The molecule has 1 amide bonds. The summed E-state index contributed by atoms with van der Waals surface area (Å²) in [6.45, 7) is 0.762. The zero-order valence-electron chi connectivity index (χ0n) is 11.0. The van der Waals surface area contributed by atoms with Crippen LogP contribution in [0.5, 0.6) is 0 Å². The Morgan fingerprint density at radius 2 is 2.25 bits per heavy atom. The Hall–Kier alpha value is -2.30. The second-order valence-electron chi connectivity index (χ2n) is 5.46. The van der Waals surface area contributed by atoms with Crippen molar-refractivity contribution in [2.45, 2.75) is 24.8 Å². The second kappa shape index (κ2) is 4.37. The SMILES string of the molecule is O=C(NC1CC1)C1=CC(c2ccnc3[nH]ccc23)CN1. The van der Waals surface area contributed by atoms with Crippen molar-refractivity contribution in [3.8, 4) is 0 Å². The van der Waals surface area contributed by atoms with E-state index in [0.29, 0.717) is 11.7 Å². The number of hydrogen-bond acceptors (Lipinski definition) is 3. The van der Waals surface area contributed by atoms with E-state index in [9.17, 15) is 4.79 Å². The Balaban J connectivity index is 1.61. The van der Waals surface area contributed by atoms with Gasteiger partial charge in [-0.1, -0.05) is 0 Å². The molecule has 1 aliphatic carbocycles. The first-order valence-electron chi connectivity index (χ1n) is 7.00. The summed E-state index contributed by atoms with van der Waals surface area (Å²) in [6.07, 6.45) is 7.95. The van der Waals surface area contributed by atoms with Crippen LogP contribution in [0.3, 0.4) is 0 Å². The fourth-order valence-corrected chi connectivity index (χ4v) is 2.69. The van der Waals surface area contributed by atoms with E-state index in [0.717, 1.165) is 30.4 Å². The van der Waals surface area contributed by atoms with Gasteiger partial charge in [-0.25, -0.2) is 4.98 Å². The van der Waals surface area contributed by atoms with Crippen LogP contribution in [0.15, 0.2) is 36.3 Å². The number of aromatic nitrogens is 2. The lowest BCUT2D eigenvalue weighted by Crippen LogP contribution is -2.31. The van der Waals surface area contributed by atoms with Gasteiger partial charge in [0, 0.05) is 36.3 Å². The highest BCUT2D eigenvalue weighted by molar-refractivity contribution is 5.94. The van der Waals surface area contributed by atoms with Crippen molar-refractivity contribution >= 4 is 16.9 Å². The minimum absolute atomic E-state index is 0.0226. The average molecular weight is 268 g/mol. The molecule has 0 radical (unpaired) electrons. The van der Waals surface area contributed by atoms with Crippen molar-refractivity contribution in [2.75, 3.05) is 6.54 Å². The van der Waals surface area contributed by atoms with E-state index in [2.05, 4.69) is 20.6 Å². The number of hydrogen-bond donors (Lipinski definition) is 3. The van der Waals surface area contributed by atoms with Crippen LogP contribution in [0.4, 0.5) is 0 Å². The molecule has 3 heterocycles. The largest absolute Gasteiger partial charge is 0.380 e. The molecule has 2 aromatic heterocycles. The molecule has 1 fully saturated rings. The van der Waals surface area contributed by atoms with Crippen LogP contribution in [0.1, 0.15) is 24.3 Å². The molecule has 0 saturated heterocycles. The van der Waals surface area contributed by atoms with Crippen LogP contribution in [-0.4, -0.2) is 28.5 Å². The summed E-state index contributed by atoms with van der Waals surface area (Å²) < 4.78 is 0. The molecule has 1 unspecified atom stereocenters. The van der Waals surface area contributed by atoms with Gasteiger partial charge in [0.1, 0.15) is 5.65 Å². The molecule has 0 bridgehead atoms. The van der Waals surface area contributed by atoms with Gasteiger partial charge in [-0.05, 0) is 36.6 Å². The van der Waals surface area contributed by atoms with Crippen molar-refractivity contribution in [3.05, 3.63) is 41.9 Å². The highest BCUT2D eigenvalue weighted by Crippen LogP contribution is 2.28. The third-order valence-electron chi connectivity index (χ3n) is 3.93. The summed E-state index contributed by atoms with van der Waals surface area (Å²) in [5.41, 5.74) is 2.80. The van der Waals surface area contributed by atoms with Crippen molar-refractivity contribution in [2.24, 2.45) is 0 Å². The van der Waals surface area contributed by atoms with Crippen molar-refractivity contribution in [1.29, 1.82) is 0 Å². The van der Waals surface area contributed by atoms with Crippen LogP contribution in [-0.2, 0) is 4.79 Å². The number of aromatic amines is 1. The van der Waals surface area contributed by atoms with Crippen molar-refractivity contribution < 1.29 is 4.79 Å². The molecule has 0 spiro atoms. The van der Waals surface area contributed by atoms with Crippen LogP contribution in [0, 0.1) is 0 Å². The number of rotatable bonds is 3. The Bertz CT molecular complexity index is 699. The lowest BCUT2D eigenvalue weighted by molar-refractivity contribution is -0.117. The smallest absolute Gasteiger partial charge is 0.267 e. The molecular weight excluding hydrogens is 252 g/mol. The van der Waals surface area contributed by atoms with Gasteiger partial charge in [0.15, 0.2) is 0 Å². The minimum Gasteiger partial charge on any atom is -0.380 e. The quantitative estimate of drug-likeness (QED) is 0.788. The van der Waals surface area contributed by atoms with Gasteiger partial charge in [0.2, 0.25) is 0 Å². The highest BCUT2D eigenvalue weighted by atomic mass is 16.2. The number of pyridine rings is 1. The van der Waals surface area contributed by atoms with Gasteiger partial charge in [0.25, 0.3) is 5.91 Å². The van der Waals surface area contributed by atoms with Gasteiger partial charge in [-0.3, -0.25) is 4.79 Å². The third-order valence-corrected chi connectivity index (χ3v) is 3.93. The zero-order valence-corrected chi connectivity index (χ0v) is 11.0. The molecule has 1 atom stereocenters. The van der Waals surface area contributed by atoms with Crippen LogP contribution in [0.2, 0.25) is 0 Å². The third kappa shape index (κ3) is 1.95. The molecule has 5 heteroatoms. The molecule has 2 aromatic rings. The number of nitrogens with zero attached hydrogens (tertiary/aromatic N) is 1. The Morgan fingerprint density at radius 1 is 1.35 bits per heavy atom. The first-order chi connectivity index (χ1) is 9.81. The van der Waals surface area contributed by atoms with E-state index < -0.39 is 0 Å². The molecule has 2 aliphatic rings. The maximum absolute atomic E-state index is 12.0. The predicted molar refractivity (Wildman–Crippen MR) is 76.1 cm³/mol. The van der Waals surface area contributed by atoms with E-state index in [1.165, 1.54) is 5.56 Å². The van der Waals surface area contributed by atoms with Crippen molar-refractivity contribution in [1.82, 2.24) is 20.6 Å². The van der Waals surface area contributed by atoms with E-state index in [-0.39, 0.29) is 11.8 Å².